The van der Waals surface area contributed by atoms with Crippen LogP contribution in [0, 0.1) is 0 Å². The quantitative estimate of drug-likeness (QED) is 0.0718. The van der Waals surface area contributed by atoms with Crippen molar-refractivity contribution in [2.75, 3.05) is 0 Å². The predicted octanol–water partition coefficient (Wildman–Crippen LogP) is 9.44. The molecule has 0 aromatic heterocycles. The topological polar surface area (TPSA) is 105 Å². The molecule has 0 atom stereocenters. The molecule has 0 bridgehead atoms. The van der Waals surface area contributed by atoms with Crippen molar-refractivity contribution in [3.05, 3.63) is 174 Å². The minimum atomic E-state index is -0.546. The smallest absolute Gasteiger partial charge is 0.310 e. The van der Waals surface area contributed by atoms with Gasteiger partial charge in [0.25, 0.3) is 0 Å². The molecule has 0 saturated carbocycles. The van der Waals surface area contributed by atoms with Crippen LogP contribution in [0.3, 0.4) is 0 Å². The number of halogens is 4. The lowest BCUT2D eigenvalue weighted by atomic mass is 9.99. The summed E-state index contributed by atoms with van der Waals surface area (Å²) in [6.07, 6.45) is -0.302. The molecule has 0 aliphatic rings. The molecule has 0 heterocycles. The predicted molar refractivity (Wildman–Crippen MR) is 206 cm³/mol. The van der Waals surface area contributed by atoms with Crippen molar-refractivity contribution in [1.82, 2.24) is 0 Å². The van der Waals surface area contributed by atoms with Crippen molar-refractivity contribution in [3.63, 3.8) is 0 Å². The molecule has 0 saturated heterocycles. The lowest BCUT2D eigenvalue weighted by Crippen LogP contribution is -2.15. The van der Waals surface area contributed by atoms with Gasteiger partial charge in [-0.2, -0.15) is 0 Å². The van der Waals surface area contributed by atoms with Crippen molar-refractivity contribution >= 4 is 70.3 Å². The summed E-state index contributed by atoms with van der Waals surface area (Å²) in [5, 5.41) is 1.70. The van der Waals surface area contributed by atoms with Crippen LogP contribution in [-0.4, -0.2) is 23.9 Å². The molecule has 5 aromatic rings. The van der Waals surface area contributed by atoms with Gasteiger partial charge < -0.3 is 18.9 Å². The molecule has 0 amide bonds. The molecule has 0 radical (unpaired) electrons. The number of carbonyl (C=O) groups is 4. The SMILES string of the molecule is O=C(Cc1ccccc1Cl)OCc1cc(COC(=O)Cc2ccccc2Cl)c(COC(=O)Cc2ccccc2Cl)cc1COC(=O)Cc1ccccc1Cl. The molecule has 0 spiro atoms. The van der Waals surface area contributed by atoms with Crippen LogP contribution >= 0.6 is 46.4 Å². The van der Waals surface area contributed by atoms with Crippen molar-refractivity contribution < 1.29 is 38.1 Å². The van der Waals surface area contributed by atoms with Gasteiger partial charge in [0.1, 0.15) is 26.4 Å². The van der Waals surface area contributed by atoms with Crippen molar-refractivity contribution in [2.45, 2.75) is 52.1 Å². The van der Waals surface area contributed by atoms with Crippen LogP contribution in [0.15, 0.2) is 109 Å². The van der Waals surface area contributed by atoms with Gasteiger partial charge in [0.05, 0.1) is 25.7 Å². The molecule has 5 rings (SSSR count). The zero-order valence-corrected chi connectivity index (χ0v) is 31.9. The number of hydrogen-bond donors (Lipinski definition) is 0. The van der Waals surface area contributed by atoms with Gasteiger partial charge in [0, 0.05) is 20.1 Å². The lowest BCUT2D eigenvalue weighted by molar-refractivity contribution is -0.146. The normalized spacial score (nSPS) is 10.7. The van der Waals surface area contributed by atoms with E-state index in [1.165, 1.54) is 0 Å². The van der Waals surface area contributed by atoms with Crippen LogP contribution in [0.4, 0.5) is 0 Å². The molecule has 54 heavy (non-hydrogen) atoms. The van der Waals surface area contributed by atoms with E-state index in [1.54, 1.807) is 109 Å². The van der Waals surface area contributed by atoms with Crippen molar-refractivity contribution in [3.8, 4) is 0 Å². The second kappa shape index (κ2) is 20.0. The summed E-state index contributed by atoms with van der Waals surface area (Å²) >= 11 is 25.0. The molecule has 5 aromatic carbocycles. The number of ether oxygens (including phenoxy) is 4. The third-order valence-corrected chi connectivity index (χ3v) is 9.72. The summed E-state index contributed by atoms with van der Waals surface area (Å²) in [6.45, 7) is -0.858. The third-order valence-electron chi connectivity index (χ3n) is 8.25. The Balaban J connectivity index is 1.40. The Morgan fingerprint density at radius 1 is 0.333 bits per heavy atom. The van der Waals surface area contributed by atoms with Gasteiger partial charge in [0.2, 0.25) is 0 Å². The average Bonchev–Trinajstić information content (AvgIpc) is 3.15. The highest BCUT2D eigenvalue weighted by atomic mass is 35.5. The highest BCUT2D eigenvalue weighted by Gasteiger charge is 2.19. The maximum atomic E-state index is 12.9. The zero-order chi connectivity index (χ0) is 38.5. The standard InChI is InChI=1S/C42H34Cl4O8/c43-35-13-5-1-9-27(35)19-39(47)51-23-31-17-33(25-53-41(49)21-29-11-3-7-15-37(29)45)34(26-54-42(50)22-30-12-4-8-16-38(30)46)18-32(31)24-52-40(48)20-28-10-2-6-14-36(28)44/h1-18H,19-26H2. The van der Waals surface area contributed by atoms with Gasteiger partial charge in [-0.25, -0.2) is 0 Å². The molecule has 0 fully saturated rings. The third kappa shape index (κ3) is 12.1. The average molecular weight is 809 g/mol. The summed E-state index contributed by atoms with van der Waals surface area (Å²) in [7, 11) is 0. The van der Waals surface area contributed by atoms with Gasteiger partial charge >= 0.3 is 23.9 Å². The van der Waals surface area contributed by atoms with Crippen molar-refractivity contribution in [1.29, 1.82) is 0 Å². The monoisotopic (exact) mass is 806 g/mol. The van der Waals surface area contributed by atoms with E-state index >= 15 is 0 Å². The molecule has 0 unspecified atom stereocenters. The van der Waals surface area contributed by atoms with E-state index in [1.807, 2.05) is 0 Å². The van der Waals surface area contributed by atoms with Crippen LogP contribution < -0.4 is 0 Å². The fourth-order valence-corrected chi connectivity index (χ4v) is 6.17. The first-order valence-corrected chi connectivity index (χ1v) is 18.3. The molecule has 0 N–H and O–H groups in total. The van der Waals surface area contributed by atoms with E-state index in [9.17, 15) is 19.2 Å². The van der Waals surface area contributed by atoms with Gasteiger partial charge in [-0.3, -0.25) is 19.2 Å². The minimum absolute atomic E-state index is 0.0756. The van der Waals surface area contributed by atoms with E-state index < -0.39 is 23.9 Å². The Hall–Kier alpha value is -4.86. The number of rotatable bonds is 16. The van der Waals surface area contributed by atoms with Gasteiger partial charge in [-0.05, 0) is 80.9 Å². The Bertz CT molecular complexity index is 1840. The largest absolute Gasteiger partial charge is 0.461 e. The Labute approximate surface area is 332 Å². The summed E-state index contributed by atoms with van der Waals surface area (Å²) < 4.78 is 22.6. The van der Waals surface area contributed by atoms with Crippen LogP contribution in [-0.2, 0) is 90.2 Å². The molecule has 8 nitrogen and oxygen atoms in total. The molecular weight excluding hydrogens is 774 g/mol. The fraction of sp³-hybridized carbons (Fsp3) is 0.190. The van der Waals surface area contributed by atoms with E-state index in [0.29, 0.717) is 64.6 Å². The molecule has 278 valence electrons. The van der Waals surface area contributed by atoms with Crippen LogP contribution in [0.5, 0.6) is 0 Å². The molecule has 0 aliphatic carbocycles. The zero-order valence-electron chi connectivity index (χ0n) is 28.8. The fourth-order valence-electron chi connectivity index (χ4n) is 5.36. The van der Waals surface area contributed by atoms with Gasteiger partial charge in [-0.1, -0.05) is 119 Å². The maximum absolute atomic E-state index is 12.9. The Morgan fingerprint density at radius 3 is 0.741 bits per heavy atom. The van der Waals surface area contributed by atoms with Crippen molar-refractivity contribution in [2.24, 2.45) is 0 Å². The van der Waals surface area contributed by atoms with Crippen LogP contribution in [0.1, 0.15) is 44.5 Å². The molecular formula is C42H34Cl4O8. The summed E-state index contributed by atoms with van der Waals surface area (Å²) in [4.78, 5) is 51.8. The van der Waals surface area contributed by atoms with E-state index in [4.69, 9.17) is 65.4 Å². The lowest BCUT2D eigenvalue weighted by Gasteiger charge is -2.18. The first kappa shape index (κ1) is 40.3. The highest BCUT2D eigenvalue weighted by molar-refractivity contribution is 6.32. The maximum Gasteiger partial charge on any atom is 0.310 e. The van der Waals surface area contributed by atoms with E-state index in [-0.39, 0.29) is 52.1 Å². The second-order valence-corrected chi connectivity index (χ2v) is 13.7. The number of carbonyl (C=O) groups excluding carboxylic acids is 4. The molecule has 12 heteroatoms. The van der Waals surface area contributed by atoms with Gasteiger partial charge in [0.15, 0.2) is 0 Å². The first-order chi connectivity index (χ1) is 26.0. The highest BCUT2D eigenvalue weighted by Crippen LogP contribution is 2.25. The van der Waals surface area contributed by atoms with Gasteiger partial charge in [-0.15, -0.1) is 0 Å². The van der Waals surface area contributed by atoms with E-state index in [2.05, 4.69) is 0 Å². The number of esters is 4. The first-order valence-electron chi connectivity index (χ1n) is 16.8. The van der Waals surface area contributed by atoms with E-state index in [0.717, 1.165) is 0 Å². The number of hydrogen-bond acceptors (Lipinski definition) is 8. The Morgan fingerprint density at radius 2 is 0.537 bits per heavy atom. The Kier molecular flexibility index (Phi) is 14.9. The minimum Gasteiger partial charge on any atom is -0.461 e. The van der Waals surface area contributed by atoms with Crippen LogP contribution in [0.25, 0.3) is 0 Å². The molecule has 0 aliphatic heterocycles. The summed E-state index contributed by atoms with van der Waals surface area (Å²) in [5.74, 6) is -2.18. The van der Waals surface area contributed by atoms with Crippen LogP contribution in [0.2, 0.25) is 20.1 Å². The summed E-state index contributed by atoms with van der Waals surface area (Å²) in [5.41, 5.74) is 4.26. The summed E-state index contributed by atoms with van der Waals surface area (Å²) in [6, 6.07) is 31.1. The second-order valence-electron chi connectivity index (χ2n) is 12.1. The number of benzene rings is 5.